The van der Waals surface area contributed by atoms with Gasteiger partial charge in [-0.2, -0.15) is 57.0 Å². The Hall–Kier alpha value is -9.03. The Morgan fingerprint density at radius 2 is 0.560 bits per heavy atom. The van der Waals surface area contributed by atoms with E-state index in [1.165, 1.54) is 62.1 Å². The van der Waals surface area contributed by atoms with Gasteiger partial charge >= 0.3 is 24.7 Å². The molecule has 0 amide bonds. The lowest BCUT2D eigenvalue weighted by molar-refractivity contribution is -0.777. The number of hydrogen-bond acceptors (Lipinski definition) is 11. The first kappa shape index (κ1) is 87.2. The molecule has 0 saturated carbocycles. The highest BCUT2D eigenvalue weighted by Crippen LogP contribution is 2.43. The summed E-state index contributed by atoms with van der Waals surface area (Å²) in [4.78, 5) is 9.03. The van der Waals surface area contributed by atoms with Gasteiger partial charge in [-0.05, 0) is 234 Å². The van der Waals surface area contributed by atoms with Crippen molar-refractivity contribution in [3.8, 4) is 23.0 Å². The third kappa shape index (κ3) is 25.0. The zero-order valence-corrected chi connectivity index (χ0v) is 64.3. The van der Waals surface area contributed by atoms with Crippen molar-refractivity contribution in [2.24, 2.45) is 0 Å². The number of phenolic OH excluding ortho intramolecular Hbond substituents is 4. The normalized spacial score (nSPS) is 11.9. The molecule has 0 aliphatic rings. The van der Waals surface area contributed by atoms with E-state index in [0.717, 1.165) is 32.0 Å². The van der Waals surface area contributed by atoms with E-state index in [2.05, 4.69) is 203 Å². The summed E-state index contributed by atoms with van der Waals surface area (Å²) < 4.78 is 183. The van der Waals surface area contributed by atoms with E-state index in [1.54, 1.807) is 24.3 Å². The van der Waals surface area contributed by atoms with E-state index in [-0.39, 0.29) is 85.9 Å². The van der Waals surface area contributed by atoms with E-state index in [0.29, 0.717) is 23.6 Å². The fourth-order valence-electron chi connectivity index (χ4n) is 10.3. The van der Waals surface area contributed by atoms with Crippen LogP contribution in [0.3, 0.4) is 0 Å². The lowest BCUT2D eigenvalue weighted by Gasteiger charge is -2.19. The van der Waals surface area contributed by atoms with Gasteiger partial charge < -0.3 is 30.2 Å². The molecule has 0 aliphatic heterocycles. The number of halogens is 12. The number of benzene rings is 11. The number of hydrogen-bond donors (Lipinski definition) is 4. The average molecular weight is 1610 g/mol. The molecule has 11 rings (SSSR count). The summed E-state index contributed by atoms with van der Waals surface area (Å²) in [5.41, 5.74) is 3.50. The fraction of sp³-hybridized carbons (Fsp3) is 0.195. The van der Waals surface area contributed by atoms with E-state index in [1.807, 2.05) is 52.0 Å². The molecule has 0 spiro atoms. The molecule has 27 heteroatoms. The van der Waals surface area contributed by atoms with E-state index in [9.17, 15) is 91.3 Å². The van der Waals surface area contributed by atoms with Crippen molar-refractivity contribution in [3.63, 3.8) is 0 Å². The second kappa shape index (κ2) is 36.7. The Morgan fingerprint density at radius 3 is 0.789 bits per heavy atom. The smallest absolute Gasteiger partial charge is 0.416 e. The molecule has 0 fully saturated rings. The number of phenols is 4. The highest BCUT2D eigenvalue weighted by Gasteiger charge is 2.40. The van der Waals surface area contributed by atoms with Gasteiger partial charge in [-0.15, -0.1) is 0 Å². The van der Waals surface area contributed by atoms with Crippen LogP contribution in [0.15, 0.2) is 284 Å². The van der Waals surface area contributed by atoms with Gasteiger partial charge in [-0.25, -0.2) is 8.42 Å². The van der Waals surface area contributed by atoms with Gasteiger partial charge in [0.15, 0.2) is 44.1 Å². The zero-order valence-electron chi connectivity index (χ0n) is 60.3. The van der Waals surface area contributed by atoms with Crippen molar-refractivity contribution in [2.75, 3.05) is 0 Å². The second-order valence-corrected chi connectivity index (χ2v) is 34.1. The lowest BCUT2D eigenvalue weighted by Crippen LogP contribution is -2.13. The van der Waals surface area contributed by atoms with Crippen LogP contribution >= 0.6 is 12.0 Å². The Morgan fingerprint density at radius 1 is 0.330 bits per heavy atom. The van der Waals surface area contributed by atoms with Crippen LogP contribution in [0.1, 0.15) is 93.1 Å². The highest BCUT2D eigenvalue weighted by molar-refractivity contribution is 7.97. The quantitative estimate of drug-likeness (QED) is 0.0215. The number of aromatic hydroxyl groups is 4. The number of aryl methyl sites for hydroxylation is 8. The third-order valence-corrected chi connectivity index (χ3v) is 24.1. The first-order chi connectivity index (χ1) is 50.7. The fourth-order valence-corrected chi connectivity index (χ4v) is 17.8. The van der Waals surface area contributed by atoms with Crippen LogP contribution in [0.25, 0.3) is 0 Å². The molecule has 0 atom stereocenters. The molecule has 0 aliphatic carbocycles. The minimum absolute atomic E-state index is 0.0396. The molecule has 0 heterocycles. The number of rotatable bonds is 13. The minimum atomic E-state index is -5.42. The molecule has 109 heavy (non-hydrogen) atoms. The Kier molecular flexibility index (Phi) is 29.3. The summed E-state index contributed by atoms with van der Waals surface area (Å²) in [6.45, 7) is 23.0. The lowest BCUT2D eigenvalue weighted by atomic mass is 9.87. The Labute approximate surface area is 637 Å². The standard InChI is InChI=1S/C22H22O2S.2C22H22OS.2C8H4F6O3S/c1-22(2,3)16-4-10-19(11-5-16)25(20-12-6-17(23)7-13-20)21-14-8-18(24)9-15-21;2*1-15-5-9-19(10-6-15)24(20-11-7-16(2)8-12-20)21-13-17(3)22(23)18(4)14-21;9-7(10,11)4-1-5(8(12,13)14)3-6(2-4)18(15,16)17;9-7(10,11)4-1-5(8(12,13)14)3-6(2-4)18-17-16-15/h4-15H,1-3H3,(H-,23,24);2*5-14H,1-4H3;1-3H,(H,15,16,17);1-3,15H/p+1. The summed E-state index contributed by atoms with van der Waals surface area (Å²) in [6, 6.07) is 67.3. The van der Waals surface area contributed by atoms with Crippen LogP contribution in [0, 0.1) is 55.4 Å². The molecule has 10 nitrogen and oxygen atoms in total. The molecule has 11 aromatic carbocycles. The predicted molar refractivity (Wildman–Crippen MR) is 397 cm³/mol. The van der Waals surface area contributed by atoms with Crippen LogP contribution in [-0.2, 0) is 82.3 Å². The van der Waals surface area contributed by atoms with Gasteiger partial charge in [-0.3, -0.25) is 5.04 Å². The molecule has 0 unspecified atom stereocenters. The van der Waals surface area contributed by atoms with Crippen molar-refractivity contribution >= 4 is 54.8 Å². The summed E-state index contributed by atoms with van der Waals surface area (Å²) in [5, 5.41) is 51.8. The van der Waals surface area contributed by atoms with Gasteiger partial charge in [0, 0.05) is 29.2 Å². The molecule has 0 bridgehead atoms. The van der Waals surface area contributed by atoms with Crippen LogP contribution in [0.5, 0.6) is 23.0 Å². The summed E-state index contributed by atoms with van der Waals surface area (Å²) in [5.74, 6) is 1.33. The first-order valence-electron chi connectivity index (χ1n) is 32.7. The Bertz CT molecular complexity index is 4560. The van der Waals surface area contributed by atoms with Gasteiger partial charge in [0.1, 0.15) is 33.1 Å². The van der Waals surface area contributed by atoms with Crippen molar-refractivity contribution in [2.45, 2.75) is 160 Å². The third-order valence-electron chi connectivity index (χ3n) is 16.1. The van der Waals surface area contributed by atoms with Crippen molar-refractivity contribution in [1.29, 1.82) is 0 Å². The largest absolute Gasteiger partial charge is 0.744 e. The zero-order chi connectivity index (χ0) is 80.9. The first-order valence-corrected chi connectivity index (χ1v) is 38.5. The molecule has 0 radical (unpaired) electrons. The van der Waals surface area contributed by atoms with Crippen molar-refractivity contribution < 1.29 is 101 Å². The minimum Gasteiger partial charge on any atom is -0.744 e. The van der Waals surface area contributed by atoms with Gasteiger partial charge in [0.25, 0.3) is 0 Å². The molecular weight excluding hydrogens is 1530 g/mol. The topological polar surface area (TPSA) is 180 Å². The van der Waals surface area contributed by atoms with Crippen LogP contribution in [0.4, 0.5) is 52.7 Å². The van der Waals surface area contributed by atoms with Crippen molar-refractivity contribution in [1.82, 2.24) is 0 Å². The van der Waals surface area contributed by atoms with Crippen LogP contribution in [-0.4, -0.2) is 33.4 Å². The van der Waals surface area contributed by atoms with Crippen LogP contribution < -0.4 is 5.26 Å². The number of alkyl halides is 12. The Balaban J connectivity index is 0.000000191. The maximum atomic E-state index is 12.3. The van der Waals surface area contributed by atoms with Crippen molar-refractivity contribution in [3.05, 3.63) is 303 Å². The second-order valence-electron chi connectivity index (χ2n) is 25.9. The van der Waals surface area contributed by atoms with Crippen LogP contribution in [0.2, 0.25) is 0 Å². The maximum Gasteiger partial charge on any atom is 0.416 e. The molecule has 4 N–H and O–H groups in total. The summed E-state index contributed by atoms with van der Waals surface area (Å²) in [6.07, 6.45) is -20.3. The summed E-state index contributed by atoms with van der Waals surface area (Å²) >= 11 is -0.0537. The van der Waals surface area contributed by atoms with Gasteiger partial charge in [0.05, 0.1) is 71.9 Å². The van der Waals surface area contributed by atoms with Gasteiger partial charge in [-0.1, -0.05) is 104 Å². The van der Waals surface area contributed by atoms with Gasteiger partial charge in [0.2, 0.25) is 0 Å². The molecular formula is C82H75F12O10S5+. The van der Waals surface area contributed by atoms with E-state index < -0.39 is 66.9 Å². The average Bonchev–Trinajstić information content (AvgIpc) is 0.810. The summed E-state index contributed by atoms with van der Waals surface area (Å²) in [7, 11) is -6.05. The van der Waals surface area contributed by atoms with E-state index in [4.69, 9.17) is 0 Å². The SMILES string of the molecule is CC(C)(C)c1ccc([S+](c2ccc(O)cc2)c2ccc(O)cc2)cc1.Cc1ccc([S+](c2ccc(C)cc2)c2cc(C)c(O)c(C)c2)cc1.Cc1ccc([S+](c2ccc(C)cc2)c2cc(C)c(O)c(C)c2)cc1.O=S(=O)([O-])c1cc(C(F)(F)F)cc(C(F)(F)F)c1.[O-]OOSc1cc(C(F)(F)F)cc(C(F)(F)F)c1. The van der Waals surface area contributed by atoms with E-state index >= 15 is 0 Å². The molecule has 11 aromatic rings. The molecule has 0 saturated heterocycles. The molecule has 0 aromatic heterocycles. The maximum absolute atomic E-state index is 12.3. The monoisotopic (exact) mass is 1610 g/mol. The molecule has 576 valence electrons. The predicted octanol–water partition coefficient (Wildman–Crippen LogP) is 22.5. The highest BCUT2D eigenvalue weighted by atomic mass is 32.2.